The normalized spacial score (nSPS) is 17.5. The summed E-state index contributed by atoms with van der Waals surface area (Å²) in [7, 11) is 0. The third-order valence-corrected chi connectivity index (χ3v) is 3.83. The van der Waals surface area contributed by atoms with Crippen LogP contribution in [0.2, 0.25) is 0 Å². The van der Waals surface area contributed by atoms with Gasteiger partial charge in [-0.25, -0.2) is 4.79 Å². The fourth-order valence-electron chi connectivity index (χ4n) is 2.77. The Balaban J connectivity index is 1.97. The van der Waals surface area contributed by atoms with Gasteiger partial charge in [0.05, 0.1) is 0 Å². The van der Waals surface area contributed by atoms with Crippen LogP contribution >= 0.6 is 0 Å². The zero-order valence-electron chi connectivity index (χ0n) is 13.2. The minimum atomic E-state index is -0.475. The lowest BCUT2D eigenvalue weighted by Gasteiger charge is -2.25. The van der Waals surface area contributed by atoms with Crippen molar-refractivity contribution in [2.45, 2.75) is 64.1 Å². The highest BCUT2D eigenvalue weighted by Gasteiger charge is 2.31. The molecule has 0 saturated heterocycles. The van der Waals surface area contributed by atoms with Crippen LogP contribution in [0.15, 0.2) is 24.3 Å². The fraction of sp³-hybridized carbons (Fsp3) is 0.588. The van der Waals surface area contributed by atoms with Gasteiger partial charge in [-0.05, 0) is 44.7 Å². The first kappa shape index (κ1) is 15.8. The summed E-state index contributed by atoms with van der Waals surface area (Å²) < 4.78 is 5.23. The molecule has 1 aromatic carbocycles. The first-order valence-corrected chi connectivity index (χ1v) is 7.64. The van der Waals surface area contributed by atoms with Gasteiger partial charge < -0.3 is 15.8 Å². The second-order valence-electron chi connectivity index (χ2n) is 6.92. The number of benzene rings is 1. The van der Waals surface area contributed by atoms with Crippen molar-refractivity contribution in [3.05, 3.63) is 35.4 Å². The van der Waals surface area contributed by atoms with Gasteiger partial charge in [0.2, 0.25) is 0 Å². The molecule has 4 heteroatoms. The molecule has 21 heavy (non-hydrogen) atoms. The quantitative estimate of drug-likeness (QED) is 0.896. The molecule has 3 N–H and O–H groups in total. The molecule has 1 aliphatic carbocycles. The lowest BCUT2D eigenvalue weighted by molar-refractivity contribution is 0.0523. The van der Waals surface area contributed by atoms with Gasteiger partial charge in [0.1, 0.15) is 5.60 Å². The number of carbonyl (C=O) groups is 1. The number of nitrogens with two attached hydrogens (primary N) is 1. The molecule has 1 aliphatic rings. The standard InChI is InChI=1S/C17H26N2O2/c1-16(2,3)21-15(20)19-12-13-7-6-8-14(11-13)17(18)9-4-5-10-17/h6-8,11H,4-5,9-10,12,18H2,1-3H3,(H,19,20). The predicted octanol–water partition coefficient (Wildman–Crippen LogP) is 3.44. The molecule has 116 valence electrons. The number of carbonyl (C=O) groups excluding carboxylic acids is 1. The van der Waals surface area contributed by atoms with Crippen LogP contribution in [0.3, 0.4) is 0 Å². The second-order valence-corrected chi connectivity index (χ2v) is 6.92. The number of nitrogens with one attached hydrogen (secondary N) is 1. The summed E-state index contributed by atoms with van der Waals surface area (Å²) in [6.45, 7) is 6.02. The highest BCUT2D eigenvalue weighted by atomic mass is 16.6. The van der Waals surface area contributed by atoms with E-state index in [-0.39, 0.29) is 5.54 Å². The average Bonchev–Trinajstić information content (AvgIpc) is 2.83. The first-order valence-electron chi connectivity index (χ1n) is 7.64. The Hall–Kier alpha value is -1.55. The van der Waals surface area contributed by atoms with E-state index in [4.69, 9.17) is 10.5 Å². The van der Waals surface area contributed by atoms with Gasteiger partial charge in [-0.2, -0.15) is 0 Å². The molecule has 1 aromatic rings. The van der Waals surface area contributed by atoms with Crippen molar-refractivity contribution >= 4 is 6.09 Å². The molecule has 0 aromatic heterocycles. The molecule has 1 fully saturated rings. The number of ether oxygens (including phenoxy) is 1. The average molecular weight is 290 g/mol. The van der Waals surface area contributed by atoms with Gasteiger partial charge in [-0.15, -0.1) is 0 Å². The van der Waals surface area contributed by atoms with Crippen LogP contribution in [0.4, 0.5) is 4.79 Å². The molecule has 0 atom stereocenters. The Labute approximate surface area is 127 Å². The molecule has 0 heterocycles. The van der Waals surface area contributed by atoms with Crippen molar-refractivity contribution in [1.82, 2.24) is 5.32 Å². The van der Waals surface area contributed by atoms with Crippen LogP contribution in [-0.2, 0) is 16.8 Å². The number of alkyl carbamates (subject to hydrolysis) is 1. The monoisotopic (exact) mass is 290 g/mol. The van der Waals surface area contributed by atoms with Gasteiger partial charge in [-0.1, -0.05) is 37.1 Å². The summed E-state index contributed by atoms with van der Waals surface area (Å²) in [5, 5.41) is 2.78. The minimum absolute atomic E-state index is 0.193. The molecule has 0 bridgehead atoms. The van der Waals surface area contributed by atoms with E-state index in [1.54, 1.807) is 0 Å². The topological polar surface area (TPSA) is 64.3 Å². The lowest BCUT2D eigenvalue weighted by atomic mass is 9.88. The Morgan fingerprint density at radius 1 is 1.33 bits per heavy atom. The molecule has 0 spiro atoms. The van der Waals surface area contributed by atoms with E-state index in [0.29, 0.717) is 6.54 Å². The number of hydrogen-bond acceptors (Lipinski definition) is 3. The molecule has 2 rings (SSSR count). The largest absolute Gasteiger partial charge is 0.444 e. The van der Waals surface area contributed by atoms with E-state index in [1.807, 2.05) is 32.9 Å². The SMILES string of the molecule is CC(C)(C)OC(=O)NCc1cccc(C2(N)CCCC2)c1. The van der Waals surface area contributed by atoms with Crippen LogP contribution in [0.1, 0.15) is 57.6 Å². The van der Waals surface area contributed by atoms with E-state index in [1.165, 1.54) is 18.4 Å². The number of amides is 1. The zero-order valence-corrected chi connectivity index (χ0v) is 13.2. The third-order valence-electron chi connectivity index (χ3n) is 3.83. The zero-order chi connectivity index (χ0) is 15.5. The van der Waals surface area contributed by atoms with Crippen LogP contribution in [0, 0.1) is 0 Å². The van der Waals surface area contributed by atoms with E-state index in [2.05, 4.69) is 17.4 Å². The Bertz CT molecular complexity index is 500. The van der Waals surface area contributed by atoms with Crippen LogP contribution < -0.4 is 11.1 Å². The predicted molar refractivity (Wildman–Crippen MR) is 83.8 cm³/mol. The summed E-state index contributed by atoms with van der Waals surface area (Å²) in [5.74, 6) is 0. The fourth-order valence-corrected chi connectivity index (χ4v) is 2.77. The van der Waals surface area contributed by atoms with Crippen molar-refractivity contribution in [2.75, 3.05) is 0 Å². The highest BCUT2D eigenvalue weighted by Crippen LogP contribution is 2.36. The molecular weight excluding hydrogens is 264 g/mol. The van der Waals surface area contributed by atoms with Crippen molar-refractivity contribution < 1.29 is 9.53 Å². The van der Waals surface area contributed by atoms with Crippen molar-refractivity contribution in [3.8, 4) is 0 Å². The Morgan fingerprint density at radius 3 is 2.62 bits per heavy atom. The summed E-state index contributed by atoms with van der Waals surface area (Å²) in [4.78, 5) is 11.7. The summed E-state index contributed by atoms with van der Waals surface area (Å²) >= 11 is 0. The van der Waals surface area contributed by atoms with Gasteiger partial charge in [0.25, 0.3) is 0 Å². The van der Waals surface area contributed by atoms with Crippen LogP contribution in [0.25, 0.3) is 0 Å². The van der Waals surface area contributed by atoms with Crippen molar-refractivity contribution in [3.63, 3.8) is 0 Å². The van der Waals surface area contributed by atoms with Crippen LogP contribution in [0.5, 0.6) is 0 Å². The van der Waals surface area contributed by atoms with Crippen molar-refractivity contribution in [2.24, 2.45) is 5.73 Å². The summed E-state index contributed by atoms with van der Waals surface area (Å²) in [6.07, 6.45) is 4.07. The van der Waals surface area contributed by atoms with Gasteiger partial charge in [-0.3, -0.25) is 0 Å². The Morgan fingerprint density at radius 2 is 2.00 bits per heavy atom. The summed E-state index contributed by atoms with van der Waals surface area (Å²) in [6, 6.07) is 8.19. The molecule has 0 unspecified atom stereocenters. The maximum atomic E-state index is 11.7. The molecule has 1 amide bonds. The van der Waals surface area contributed by atoms with E-state index in [9.17, 15) is 4.79 Å². The number of rotatable bonds is 3. The maximum Gasteiger partial charge on any atom is 0.407 e. The number of hydrogen-bond donors (Lipinski definition) is 2. The van der Waals surface area contributed by atoms with E-state index in [0.717, 1.165) is 18.4 Å². The molecule has 1 saturated carbocycles. The van der Waals surface area contributed by atoms with Gasteiger partial charge >= 0.3 is 6.09 Å². The molecule has 4 nitrogen and oxygen atoms in total. The Kier molecular flexibility index (Phi) is 4.57. The lowest BCUT2D eigenvalue weighted by Crippen LogP contribution is -2.34. The molecule has 0 radical (unpaired) electrons. The van der Waals surface area contributed by atoms with Gasteiger partial charge in [0, 0.05) is 12.1 Å². The molecule has 0 aliphatic heterocycles. The molecular formula is C17H26N2O2. The van der Waals surface area contributed by atoms with E-state index >= 15 is 0 Å². The highest BCUT2D eigenvalue weighted by molar-refractivity contribution is 5.67. The second kappa shape index (κ2) is 6.06. The van der Waals surface area contributed by atoms with E-state index < -0.39 is 11.7 Å². The van der Waals surface area contributed by atoms with Gasteiger partial charge in [0.15, 0.2) is 0 Å². The van der Waals surface area contributed by atoms with Crippen LogP contribution in [-0.4, -0.2) is 11.7 Å². The maximum absolute atomic E-state index is 11.7. The first-order chi connectivity index (χ1) is 9.78. The third kappa shape index (κ3) is 4.46. The smallest absolute Gasteiger partial charge is 0.407 e. The minimum Gasteiger partial charge on any atom is -0.444 e. The summed E-state index contributed by atoms with van der Waals surface area (Å²) in [5.41, 5.74) is 8.03. The van der Waals surface area contributed by atoms with Crippen molar-refractivity contribution in [1.29, 1.82) is 0 Å².